The second-order valence-corrected chi connectivity index (χ2v) is 3.91. The van der Waals surface area contributed by atoms with E-state index in [-0.39, 0.29) is 23.8 Å². The molecule has 0 saturated heterocycles. The first-order chi connectivity index (χ1) is 8.72. The van der Waals surface area contributed by atoms with E-state index in [0.29, 0.717) is 5.69 Å². The topological polar surface area (TPSA) is 71.2 Å². The second-order valence-electron chi connectivity index (χ2n) is 3.61. The first-order valence-electron chi connectivity index (χ1n) is 5.25. The van der Waals surface area contributed by atoms with Gasteiger partial charge < -0.3 is 14.9 Å². The fourth-order valence-corrected chi connectivity index (χ4v) is 1.57. The molecule has 7 heteroatoms. The minimum absolute atomic E-state index is 0.0971. The third kappa shape index (κ3) is 2.77. The summed E-state index contributed by atoms with van der Waals surface area (Å²) in [7, 11) is 0. The Balaban J connectivity index is 2.27. The van der Waals surface area contributed by atoms with Crippen LogP contribution in [0.15, 0.2) is 29.1 Å². The first-order valence-corrected chi connectivity index (χ1v) is 5.79. The zero-order valence-corrected chi connectivity index (χ0v) is 10.1. The van der Waals surface area contributed by atoms with Gasteiger partial charge in [-0.25, -0.2) is 4.39 Å². The average molecular weight is 272 g/mol. The van der Waals surface area contributed by atoms with Crippen LogP contribution in [0.4, 0.5) is 10.1 Å². The number of aliphatic hydroxyl groups excluding tert-OH is 1. The summed E-state index contributed by atoms with van der Waals surface area (Å²) in [5.74, 6) is -0.224. The Hall–Kier alpha value is -1.66. The van der Waals surface area contributed by atoms with Gasteiger partial charge >= 0.3 is 0 Å². The first kappa shape index (κ1) is 12.8. The maximum absolute atomic E-state index is 13.8. The summed E-state index contributed by atoms with van der Waals surface area (Å²) in [6.45, 7) is 0.206. The minimum Gasteiger partial charge on any atom is -0.390 e. The molecule has 0 aliphatic rings. The molecule has 18 heavy (non-hydrogen) atoms. The van der Waals surface area contributed by atoms with Gasteiger partial charge in [0.15, 0.2) is 0 Å². The van der Waals surface area contributed by atoms with Crippen LogP contribution in [0.25, 0.3) is 11.4 Å². The molecular formula is C11H11ClFN3O2. The number of rotatable bonds is 5. The van der Waals surface area contributed by atoms with E-state index in [0.717, 1.165) is 6.39 Å². The molecular weight excluding hydrogens is 261 g/mol. The molecule has 0 amide bonds. The summed E-state index contributed by atoms with van der Waals surface area (Å²) in [6.07, 6.45) is 0.409. The average Bonchev–Trinajstić information content (AvgIpc) is 2.89. The van der Waals surface area contributed by atoms with Crippen LogP contribution in [-0.2, 0) is 0 Å². The number of aliphatic hydroxyl groups is 1. The Kier molecular flexibility index (Phi) is 4.11. The van der Waals surface area contributed by atoms with E-state index in [2.05, 4.69) is 20.0 Å². The minimum atomic E-state index is -0.715. The largest absolute Gasteiger partial charge is 0.390 e. The lowest BCUT2D eigenvalue weighted by molar-refractivity contribution is 0.211. The van der Waals surface area contributed by atoms with Gasteiger partial charge in [-0.1, -0.05) is 11.2 Å². The number of benzene rings is 1. The van der Waals surface area contributed by atoms with Gasteiger partial charge in [0.1, 0.15) is 5.82 Å². The van der Waals surface area contributed by atoms with Crippen molar-refractivity contribution >= 4 is 17.3 Å². The molecule has 0 spiro atoms. The zero-order chi connectivity index (χ0) is 13.0. The highest BCUT2D eigenvalue weighted by molar-refractivity contribution is 6.18. The van der Waals surface area contributed by atoms with Crippen LogP contribution in [0, 0.1) is 5.82 Å². The highest BCUT2D eigenvalue weighted by Gasteiger charge is 2.15. The Morgan fingerprint density at radius 3 is 3.00 bits per heavy atom. The number of hydrogen-bond donors (Lipinski definition) is 2. The number of hydrogen-bond acceptors (Lipinski definition) is 5. The van der Waals surface area contributed by atoms with Crippen LogP contribution >= 0.6 is 11.6 Å². The molecule has 0 aliphatic heterocycles. The molecule has 0 radical (unpaired) electrons. The Bertz CT molecular complexity index is 507. The third-order valence-corrected chi connectivity index (χ3v) is 2.66. The smallest absolute Gasteiger partial charge is 0.214 e. The van der Waals surface area contributed by atoms with Crippen LogP contribution in [0.5, 0.6) is 0 Å². The monoisotopic (exact) mass is 271 g/mol. The van der Waals surface area contributed by atoms with Crippen LogP contribution in [0.1, 0.15) is 0 Å². The van der Waals surface area contributed by atoms with Crippen molar-refractivity contribution in [3.8, 4) is 11.4 Å². The van der Waals surface area contributed by atoms with E-state index in [4.69, 9.17) is 11.6 Å². The maximum atomic E-state index is 13.8. The predicted molar refractivity (Wildman–Crippen MR) is 64.9 cm³/mol. The number of aromatic nitrogens is 2. The summed E-state index contributed by atoms with van der Waals surface area (Å²) < 4.78 is 18.4. The summed E-state index contributed by atoms with van der Waals surface area (Å²) >= 11 is 5.49. The van der Waals surface area contributed by atoms with E-state index in [9.17, 15) is 9.50 Å². The van der Waals surface area contributed by atoms with Crippen LogP contribution in [0.3, 0.4) is 0 Å². The van der Waals surface area contributed by atoms with Crippen molar-refractivity contribution in [2.45, 2.75) is 6.10 Å². The molecule has 0 bridgehead atoms. The molecule has 1 aromatic carbocycles. The SMILES string of the molecule is OC(CCl)CNc1cccc(F)c1-c1ncon1. The van der Waals surface area contributed by atoms with E-state index < -0.39 is 11.9 Å². The van der Waals surface area contributed by atoms with E-state index >= 15 is 0 Å². The molecule has 5 nitrogen and oxygen atoms in total. The van der Waals surface area contributed by atoms with E-state index in [1.807, 2.05) is 0 Å². The molecule has 0 saturated carbocycles. The molecule has 0 aliphatic carbocycles. The van der Waals surface area contributed by atoms with Gasteiger partial charge in [0.05, 0.1) is 17.5 Å². The number of anilines is 1. The molecule has 1 heterocycles. The number of nitrogens with one attached hydrogen (secondary N) is 1. The van der Waals surface area contributed by atoms with Gasteiger partial charge in [-0.15, -0.1) is 11.6 Å². The summed E-state index contributed by atoms with van der Waals surface area (Å²) in [4.78, 5) is 3.81. The van der Waals surface area contributed by atoms with Gasteiger partial charge in [0.25, 0.3) is 0 Å². The molecule has 1 unspecified atom stereocenters. The highest BCUT2D eigenvalue weighted by Crippen LogP contribution is 2.27. The van der Waals surface area contributed by atoms with Crippen molar-refractivity contribution in [3.05, 3.63) is 30.4 Å². The van der Waals surface area contributed by atoms with E-state index in [1.54, 1.807) is 12.1 Å². The van der Waals surface area contributed by atoms with Crippen molar-refractivity contribution in [2.75, 3.05) is 17.7 Å². The standard InChI is InChI=1S/C11H11ClFN3O2/c12-4-7(17)5-14-9-3-1-2-8(13)10(9)11-15-6-18-16-11/h1-3,6-7,14,17H,4-5H2. The Morgan fingerprint density at radius 2 is 2.33 bits per heavy atom. The van der Waals surface area contributed by atoms with Crippen molar-refractivity contribution < 1.29 is 14.0 Å². The predicted octanol–water partition coefficient (Wildman–Crippen LogP) is 1.89. The van der Waals surface area contributed by atoms with Gasteiger partial charge in [0, 0.05) is 12.2 Å². The van der Waals surface area contributed by atoms with Crippen LogP contribution < -0.4 is 5.32 Å². The zero-order valence-electron chi connectivity index (χ0n) is 9.31. The fourth-order valence-electron chi connectivity index (χ4n) is 1.46. The summed E-state index contributed by atoms with van der Waals surface area (Å²) in [6, 6.07) is 4.51. The van der Waals surface area contributed by atoms with Crippen LogP contribution in [-0.4, -0.2) is 33.8 Å². The molecule has 2 aromatic rings. The van der Waals surface area contributed by atoms with Crippen molar-refractivity contribution in [3.63, 3.8) is 0 Å². The van der Waals surface area contributed by atoms with Crippen LogP contribution in [0.2, 0.25) is 0 Å². The van der Waals surface area contributed by atoms with Crippen molar-refractivity contribution in [2.24, 2.45) is 0 Å². The fraction of sp³-hybridized carbons (Fsp3) is 0.273. The number of alkyl halides is 1. The second kappa shape index (κ2) is 5.79. The lowest BCUT2D eigenvalue weighted by atomic mass is 10.1. The number of halogens is 2. The van der Waals surface area contributed by atoms with Crippen molar-refractivity contribution in [1.82, 2.24) is 10.1 Å². The quantitative estimate of drug-likeness (QED) is 0.813. The lowest BCUT2D eigenvalue weighted by Gasteiger charge is -2.12. The van der Waals surface area contributed by atoms with E-state index in [1.165, 1.54) is 6.07 Å². The van der Waals surface area contributed by atoms with Gasteiger partial charge in [-0.3, -0.25) is 0 Å². The molecule has 2 N–H and O–H groups in total. The Labute approximate surface area is 108 Å². The third-order valence-electron chi connectivity index (χ3n) is 2.30. The summed E-state index contributed by atoms with van der Waals surface area (Å²) in [5.41, 5.74) is 0.675. The highest BCUT2D eigenvalue weighted by atomic mass is 35.5. The van der Waals surface area contributed by atoms with Gasteiger partial charge in [0.2, 0.25) is 12.2 Å². The van der Waals surface area contributed by atoms with Gasteiger partial charge in [-0.2, -0.15) is 4.98 Å². The normalized spacial score (nSPS) is 12.4. The molecule has 0 fully saturated rings. The lowest BCUT2D eigenvalue weighted by Crippen LogP contribution is -2.21. The molecule has 96 valence electrons. The van der Waals surface area contributed by atoms with Crippen molar-refractivity contribution in [1.29, 1.82) is 0 Å². The summed E-state index contributed by atoms with van der Waals surface area (Å²) in [5, 5.41) is 15.9. The maximum Gasteiger partial charge on any atom is 0.214 e. The van der Waals surface area contributed by atoms with Gasteiger partial charge in [-0.05, 0) is 12.1 Å². The Morgan fingerprint density at radius 1 is 1.50 bits per heavy atom. The molecule has 1 atom stereocenters. The number of nitrogens with zero attached hydrogens (tertiary/aromatic N) is 2. The molecule has 2 rings (SSSR count). The molecule has 1 aromatic heterocycles.